The first-order chi connectivity index (χ1) is 10.3. The van der Waals surface area contributed by atoms with Crippen molar-refractivity contribution in [3.05, 3.63) is 29.6 Å². The molecule has 2 aliphatic rings. The lowest BCUT2D eigenvalue weighted by Crippen LogP contribution is -2.37. The number of hydrogen-bond acceptors (Lipinski definition) is 4. The van der Waals surface area contributed by atoms with Gasteiger partial charge in [0.2, 0.25) is 5.91 Å². The lowest BCUT2D eigenvalue weighted by molar-refractivity contribution is -0.115. The molecule has 0 aliphatic carbocycles. The second kappa shape index (κ2) is 5.34. The van der Waals surface area contributed by atoms with Gasteiger partial charge in [0.05, 0.1) is 17.5 Å². The first-order valence-electron chi connectivity index (χ1n) is 6.78. The highest BCUT2D eigenvalue weighted by molar-refractivity contribution is 8.16. The fraction of sp³-hybridized carbons (Fsp3) is 0.429. The molecule has 2 atom stereocenters. The molecular weight excluding hydrogens is 327 g/mol. The number of thioether (sulfide) groups is 1. The molecule has 0 N–H and O–H groups in total. The van der Waals surface area contributed by atoms with Gasteiger partial charge in [0.25, 0.3) is 0 Å². The summed E-state index contributed by atoms with van der Waals surface area (Å²) in [4.78, 5) is 17.0. The van der Waals surface area contributed by atoms with Crippen molar-refractivity contribution in [3.8, 4) is 0 Å². The van der Waals surface area contributed by atoms with Crippen LogP contribution >= 0.6 is 11.8 Å². The van der Waals surface area contributed by atoms with Crippen LogP contribution in [-0.4, -0.2) is 42.3 Å². The summed E-state index contributed by atoms with van der Waals surface area (Å²) in [6, 6.07) is 4.41. The van der Waals surface area contributed by atoms with Crippen molar-refractivity contribution in [2.24, 2.45) is 4.99 Å². The quantitative estimate of drug-likeness (QED) is 0.778. The standard InChI is InChI=1S/C14H15FN2O3S2/c1-8-3-4-10(5-11(8)15)17-12-6-22(19,20)7-13(12)21-14(17)16-9(2)18/h3-5,12-13H,6-7H2,1-2H3/t12-,13+/m1/s1. The number of anilines is 1. The van der Waals surface area contributed by atoms with E-state index in [1.807, 2.05) is 0 Å². The number of rotatable bonds is 1. The highest BCUT2D eigenvalue weighted by atomic mass is 32.2. The van der Waals surface area contributed by atoms with Gasteiger partial charge in [-0.2, -0.15) is 4.99 Å². The van der Waals surface area contributed by atoms with Crippen molar-refractivity contribution >= 4 is 38.4 Å². The van der Waals surface area contributed by atoms with Crippen LogP contribution in [0.5, 0.6) is 0 Å². The van der Waals surface area contributed by atoms with E-state index in [9.17, 15) is 17.6 Å². The third-order valence-electron chi connectivity index (χ3n) is 3.75. The van der Waals surface area contributed by atoms with Crippen LogP contribution < -0.4 is 4.90 Å². The van der Waals surface area contributed by atoms with Gasteiger partial charge in [0.15, 0.2) is 15.0 Å². The van der Waals surface area contributed by atoms with Crippen molar-refractivity contribution in [1.82, 2.24) is 0 Å². The van der Waals surface area contributed by atoms with Gasteiger partial charge in [-0.3, -0.25) is 4.79 Å². The molecule has 1 aromatic carbocycles. The number of amidine groups is 1. The largest absolute Gasteiger partial charge is 0.315 e. The van der Waals surface area contributed by atoms with E-state index >= 15 is 0 Å². The predicted molar refractivity (Wildman–Crippen MR) is 85.6 cm³/mol. The number of halogens is 1. The Hall–Kier alpha value is -1.41. The van der Waals surface area contributed by atoms with E-state index < -0.39 is 9.84 Å². The summed E-state index contributed by atoms with van der Waals surface area (Å²) in [6.45, 7) is 3.00. The minimum absolute atomic E-state index is 0.00289. The van der Waals surface area contributed by atoms with Crippen molar-refractivity contribution in [2.45, 2.75) is 25.1 Å². The van der Waals surface area contributed by atoms with E-state index in [4.69, 9.17) is 0 Å². The maximum Gasteiger partial charge on any atom is 0.244 e. The van der Waals surface area contributed by atoms with Gasteiger partial charge in [-0.1, -0.05) is 17.8 Å². The molecule has 22 heavy (non-hydrogen) atoms. The van der Waals surface area contributed by atoms with Gasteiger partial charge < -0.3 is 4.90 Å². The number of hydrogen-bond donors (Lipinski definition) is 0. The van der Waals surface area contributed by atoms with Crippen LogP contribution in [-0.2, 0) is 14.6 Å². The number of aryl methyl sites for hydroxylation is 1. The average molecular weight is 342 g/mol. The maximum atomic E-state index is 13.9. The van der Waals surface area contributed by atoms with Crippen molar-refractivity contribution in [2.75, 3.05) is 16.4 Å². The number of benzene rings is 1. The molecule has 3 rings (SSSR count). The fourth-order valence-electron chi connectivity index (χ4n) is 2.73. The molecule has 118 valence electrons. The third-order valence-corrected chi connectivity index (χ3v) is 6.96. The first kappa shape index (κ1) is 15.5. The molecule has 5 nitrogen and oxygen atoms in total. The Kier molecular flexibility index (Phi) is 3.76. The summed E-state index contributed by atoms with van der Waals surface area (Å²) in [5.41, 5.74) is 1.04. The van der Waals surface area contributed by atoms with E-state index in [1.54, 1.807) is 24.0 Å². The summed E-state index contributed by atoms with van der Waals surface area (Å²) in [5, 5.41) is 0.271. The van der Waals surface area contributed by atoms with E-state index in [0.717, 1.165) is 0 Å². The molecule has 2 fully saturated rings. The zero-order valence-electron chi connectivity index (χ0n) is 12.1. The van der Waals surface area contributed by atoms with Gasteiger partial charge in [-0.15, -0.1) is 0 Å². The number of carbonyl (C=O) groups is 1. The second-order valence-corrected chi connectivity index (χ2v) is 8.88. The minimum Gasteiger partial charge on any atom is -0.315 e. The molecular formula is C14H15FN2O3S2. The number of aliphatic imine (C=N–C) groups is 1. The predicted octanol–water partition coefficient (Wildman–Crippen LogP) is 1.76. The molecule has 0 bridgehead atoms. The van der Waals surface area contributed by atoms with E-state index in [0.29, 0.717) is 16.4 Å². The number of nitrogens with zero attached hydrogens (tertiary/aromatic N) is 2. The van der Waals surface area contributed by atoms with Crippen molar-refractivity contribution in [3.63, 3.8) is 0 Å². The molecule has 0 saturated carbocycles. The van der Waals surface area contributed by atoms with Gasteiger partial charge >= 0.3 is 0 Å². The molecule has 0 aromatic heterocycles. The molecule has 0 radical (unpaired) electrons. The number of fused-ring (bicyclic) bond motifs is 1. The average Bonchev–Trinajstić information content (AvgIpc) is 2.83. The van der Waals surface area contributed by atoms with E-state index in [1.165, 1.54) is 24.8 Å². The number of amides is 1. The molecule has 0 unspecified atom stereocenters. The summed E-state index contributed by atoms with van der Waals surface area (Å²) in [6.07, 6.45) is 0. The van der Waals surface area contributed by atoms with Gasteiger partial charge in [0, 0.05) is 17.9 Å². The lowest BCUT2D eigenvalue weighted by atomic mass is 10.1. The van der Waals surface area contributed by atoms with Crippen molar-refractivity contribution < 1.29 is 17.6 Å². The smallest absolute Gasteiger partial charge is 0.244 e. The molecule has 1 aromatic rings. The summed E-state index contributed by atoms with van der Waals surface area (Å²) in [7, 11) is -3.11. The third kappa shape index (κ3) is 2.77. The summed E-state index contributed by atoms with van der Waals surface area (Å²) < 4.78 is 37.6. The Bertz CT molecular complexity index is 776. The van der Waals surface area contributed by atoms with Crippen LogP contribution in [0, 0.1) is 12.7 Å². The molecule has 0 spiro atoms. The van der Waals surface area contributed by atoms with Crippen LogP contribution in [0.15, 0.2) is 23.2 Å². The lowest BCUT2D eigenvalue weighted by Gasteiger charge is -2.24. The highest BCUT2D eigenvalue weighted by Gasteiger charge is 2.49. The highest BCUT2D eigenvalue weighted by Crippen LogP contribution is 2.41. The Labute approximate surface area is 132 Å². The molecule has 2 heterocycles. The maximum absolute atomic E-state index is 13.9. The van der Waals surface area contributed by atoms with Crippen LogP contribution in [0.2, 0.25) is 0 Å². The van der Waals surface area contributed by atoms with Crippen LogP contribution in [0.3, 0.4) is 0 Å². The topological polar surface area (TPSA) is 66.8 Å². The summed E-state index contributed by atoms with van der Waals surface area (Å²) >= 11 is 1.28. The number of sulfone groups is 1. The minimum atomic E-state index is -3.11. The first-order valence-corrected chi connectivity index (χ1v) is 9.49. The van der Waals surface area contributed by atoms with E-state index in [-0.39, 0.29) is 34.5 Å². The Morgan fingerprint density at radius 3 is 2.77 bits per heavy atom. The molecule has 2 saturated heterocycles. The Morgan fingerprint density at radius 2 is 2.14 bits per heavy atom. The zero-order chi connectivity index (χ0) is 16.1. The fourth-order valence-corrected chi connectivity index (χ4v) is 6.69. The molecule has 2 aliphatic heterocycles. The monoisotopic (exact) mass is 342 g/mol. The SMILES string of the molecule is CC(=O)N=C1S[C@H]2CS(=O)(=O)C[C@H]2N1c1ccc(C)c(F)c1. The van der Waals surface area contributed by atoms with E-state index in [2.05, 4.69) is 4.99 Å². The zero-order valence-corrected chi connectivity index (χ0v) is 13.7. The normalized spacial score (nSPS) is 28.1. The van der Waals surface area contributed by atoms with Crippen molar-refractivity contribution in [1.29, 1.82) is 0 Å². The van der Waals surface area contributed by atoms with Crippen LogP contribution in [0.25, 0.3) is 0 Å². The number of carbonyl (C=O) groups excluding carboxylic acids is 1. The molecule has 1 amide bonds. The van der Waals surface area contributed by atoms with Gasteiger partial charge in [0.1, 0.15) is 5.82 Å². The van der Waals surface area contributed by atoms with Crippen LogP contribution in [0.1, 0.15) is 12.5 Å². The Balaban J connectivity index is 2.06. The van der Waals surface area contributed by atoms with Gasteiger partial charge in [-0.25, -0.2) is 12.8 Å². The van der Waals surface area contributed by atoms with Gasteiger partial charge in [-0.05, 0) is 24.6 Å². The van der Waals surface area contributed by atoms with Crippen LogP contribution in [0.4, 0.5) is 10.1 Å². The molecule has 8 heteroatoms. The second-order valence-electron chi connectivity index (χ2n) is 5.52. The summed E-state index contributed by atoms with van der Waals surface area (Å²) in [5.74, 6) is -0.668. The Morgan fingerprint density at radius 1 is 1.41 bits per heavy atom.